The molecule has 0 aromatic carbocycles. The Balaban J connectivity index is -0.00000396. The Bertz CT molecular complexity index is 1460. The molecule has 8 N–H and O–H groups in total. The molecular weight excluding hydrogens is 933 g/mol. The summed E-state index contributed by atoms with van der Waals surface area (Å²) in [6, 6.07) is -3.88. The SMILES string of the molecule is O=C(O)CC[C@H](NC(=O)N[C@@H](CCCCNC(=O)CCCCC[C-](Cc1nccn1CC(=O)O)Cc1nccn1CC(=O)O)C(=O)O)C(=O)O.[CH-]=O.[CH-]=O.[CH-]=O.[Re]. The van der Waals surface area contributed by atoms with Crippen molar-refractivity contribution in [3.63, 3.8) is 0 Å². The molecule has 0 aliphatic heterocycles. The normalized spacial score (nSPS) is 10.9. The fourth-order valence-electron chi connectivity index (χ4n) is 5.05. The summed E-state index contributed by atoms with van der Waals surface area (Å²) >= 11 is 0. The van der Waals surface area contributed by atoms with Crippen LogP contribution in [0.5, 0.6) is 0 Å². The Morgan fingerprint density at radius 3 is 1.54 bits per heavy atom. The van der Waals surface area contributed by atoms with E-state index in [1.54, 1.807) is 12.4 Å². The van der Waals surface area contributed by atoms with Gasteiger partial charge in [0.2, 0.25) is 5.91 Å². The second-order valence-corrected chi connectivity index (χ2v) is 11.6. The number of aliphatic carboxylic acids is 5. The molecule has 0 fully saturated rings. The van der Waals surface area contributed by atoms with Gasteiger partial charge in [-0.15, -0.1) is 12.8 Å². The van der Waals surface area contributed by atoms with Gasteiger partial charge in [-0.2, -0.15) is 6.42 Å². The Morgan fingerprint density at radius 1 is 0.632 bits per heavy atom. The molecule has 57 heavy (non-hydrogen) atoms. The maximum Gasteiger partial charge on any atom is 0.326 e. The molecule has 319 valence electrons. The maximum atomic E-state index is 12.3. The van der Waals surface area contributed by atoms with Gasteiger partial charge in [-0.05, 0) is 32.1 Å². The van der Waals surface area contributed by atoms with Gasteiger partial charge in [-0.3, -0.25) is 45.5 Å². The predicted octanol–water partition coefficient (Wildman–Crippen LogP) is 0.0911. The summed E-state index contributed by atoms with van der Waals surface area (Å²) in [6.45, 7) is 9.54. The summed E-state index contributed by atoms with van der Waals surface area (Å²) in [5, 5.41) is 52.7. The second kappa shape index (κ2) is 33.5. The molecular formula is C34H47N7O15Re-4. The predicted molar refractivity (Wildman–Crippen MR) is 192 cm³/mol. The van der Waals surface area contributed by atoms with Crippen molar-refractivity contribution in [2.75, 3.05) is 6.54 Å². The van der Waals surface area contributed by atoms with E-state index in [1.807, 2.05) is 0 Å². The number of hydrogen-bond donors (Lipinski definition) is 8. The van der Waals surface area contributed by atoms with E-state index in [-0.39, 0.29) is 65.2 Å². The Kier molecular flexibility index (Phi) is 32.6. The largest absolute Gasteiger partial charge is 0.545 e. The van der Waals surface area contributed by atoms with Crippen LogP contribution in [0, 0.1) is 5.92 Å². The number of hydrogen-bond acceptors (Lipinski definition) is 12. The fraction of sp³-hybridized carbons (Fsp3) is 0.500. The molecule has 2 rings (SSSR count). The molecule has 0 saturated carbocycles. The fourth-order valence-corrected chi connectivity index (χ4v) is 5.05. The first kappa shape index (κ1) is 55.5. The van der Waals surface area contributed by atoms with Crippen LogP contribution in [0.25, 0.3) is 0 Å². The molecule has 0 spiro atoms. The van der Waals surface area contributed by atoms with E-state index >= 15 is 0 Å². The van der Waals surface area contributed by atoms with Gasteiger partial charge in [-0.25, -0.2) is 24.4 Å². The van der Waals surface area contributed by atoms with Crippen LogP contribution >= 0.6 is 0 Å². The zero-order valence-corrected chi connectivity index (χ0v) is 33.5. The molecule has 22 nitrogen and oxygen atoms in total. The molecule has 2 atom stereocenters. The van der Waals surface area contributed by atoms with Crippen molar-refractivity contribution in [3.05, 3.63) is 42.4 Å². The van der Waals surface area contributed by atoms with Crippen LogP contribution < -0.4 is 16.0 Å². The van der Waals surface area contributed by atoms with Crippen molar-refractivity contribution in [1.82, 2.24) is 35.1 Å². The van der Waals surface area contributed by atoms with Gasteiger partial charge < -0.3 is 65.0 Å². The summed E-state index contributed by atoms with van der Waals surface area (Å²) in [5.74, 6) is -4.13. The van der Waals surface area contributed by atoms with Crippen LogP contribution in [0.15, 0.2) is 24.8 Å². The molecule has 3 amide bonds. The van der Waals surface area contributed by atoms with E-state index in [0.29, 0.717) is 63.0 Å². The van der Waals surface area contributed by atoms with E-state index in [2.05, 4.69) is 46.3 Å². The average molecular weight is 980 g/mol. The van der Waals surface area contributed by atoms with Crippen molar-refractivity contribution in [3.8, 4) is 0 Å². The van der Waals surface area contributed by atoms with Crippen molar-refractivity contribution in [1.29, 1.82) is 0 Å². The van der Waals surface area contributed by atoms with Crippen LogP contribution in [-0.4, -0.2) is 125 Å². The second-order valence-electron chi connectivity index (χ2n) is 11.6. The first-order valence-electron chi connectivity index (χ1n) is 16.7. The maximum absolute atomic E-state index is 12.3. The number of unbranched alkanes of at least 4 members (excludes halogenated alkanes) is 3. The van der Waals surface area contributed by atoms with Gasteiger partial charge in [0.15, 0.2) is 0 Å². The van der Waals surface area contributed by atoms with Gasteiger partial charge >= 0.3 is 35.9 Å². The number of carbonyl (C=O) groups excluding carboxylic acids is 5. The van der Waals surface area contributed by atoms with E-state index in [0.717, 1.165) is 5.92 Å². The molecule has 2 aromatic heterocycles. The summed E-state index contributed by atoms with van der Waals surface area (Å²) in [4.78, 5) is 112. The van der Waals surface area contributed by atoms with E-state index < -0.39 is 54.4 Å². The molecule has 0 bridgehead atoms. The topological polar surface area (TPSA) is 344 Å². The van der Waals surface area contributed by atoms with Crippen LogP contribution in [-0.2, 0) is 89.5 Å². The third kappa shape index (κ3) is 25.8. The number of urea groups is 1. The number of nitrogens with zero attached hydrogens (tertiary/aromatic N) is 4. The molecule has 2 heterocycles. The number of carboxylic acid groups (broad SMARTS) is 5. The van der Waals surface area contributed by atoms with Crippen molar-refractivity contribution in [2.24, 2.45) is 0 Å². The van der Waals surface area contributed by atoms with Crippen LogP contribution in [0.1, 0.15) is 75.9 Å². The molecule has 2 aromatic rings. The number of carboxylic acids is 5. The first-order valence-corrected chi connectivity index (χ1v) is 16.7. The quantitative estimate of drug-likeness (QED) is 0.0352. The molecule has 0 saturated heterocycles. The molecule has 0 unspecified atom stereocenters. The third-order valence-electron chi connectivity index (χ3n) is 7.56. The Labute approximate surface area is 341 Å². The number of rotatable bonds is 26. The van der Waals surface area contributed by atoms with E-state index in [4.69, 9.17) is 24.6 Å². The van der Waals surface area contributed by atoms with Crippen LogP contribution in [0.4, 0.5) is 4.79 Å². The monoisotopic (exact) mass is 980 g/mol. The molecule has 1 radical (unpaired) electrons. The summed E-state index contributed by atoms with van der Waals surface area (Å²) in [5.41, 5.74) is 0. The van der Waals surface area contributed by atoms with Gasteiger partial charge in [0.05, 0.1) is 11.6 Å². The summed E-state index contributed by atoms with van der Waals surface area (Å²) in [6.07, 6.45) is 9.73. The Morgan fingerprint density at radius 2 is 1.11 bits per heavy atom. The number of aromatic nitrogens is 4. The smallest absolute Gasteiger partial charge is 0.326 e. The van der Waals surface area contributed by atoms with Gasteiger partial charge in [0.1, 0.15) is 25.2 Å². The Hall–Kier alpha value is -5.82. The van der Waals surface area contributed by atoms with E-state index in [9.17, 15) is 48.9 Å². The minimum Gasteiger partial charge on any atom is -0.545 e. The number of carbonyl (C=O) groups is 7. The van der Waals surface area contributed by atoms with Gasteiger partial charge in [-0.1, -0.05) is 12.8 Å². The summed E-state index contributed by atoms with van der Waals surface area (Å²) in [7, 11) is 0. The van der Waals surface area contributed by atoms with Crippen LogP contribution in [0.2, 0.25) is 0 Å². The van der Waals surface area contributed by atoms with Crippen LogP contribution in [0.3, 0.4) is 0 Å². The minimum atomic E-state index is -1.50. The van der Waals surface area contributed by atoms with Gasteiger partial charge in [0, 0.05) is 64.6 Å². The average Bonchev–Trinajstić information content (AvgIpc) is 3.78. The van der Waals surface area contributed by atoms with Crippen molar-refractivity contribution >= 4 is 62.2 Å². The molecule has 0 aliphatic rings. The van der Waals surface area contributed by atoms with Crippen molar-refractivity contribution < 1.29 is 93.9 Å². The van der Waals surface area contributed by atoms with Crippen molar-refractivity contribution in [2.45, 2.75) is 102 Å². The van der Waals surface area contributed by atoms with Gasteiger partial charge in [0.25, 0.3) is 0 Å². The first-order chi connectivity index (χ1) is 26.7. The molecule has 0 aliphatic carbocycles. The number of amides is 3. The standard InChI is InChI=1S/C31H44N7O12.3CHO.Re/c39-25(34-11-5-4-7-21(29(46)47)35-31(50)36-22(30(48)49)9-10-26(40)41)8-3-1-2-6-20(16-23-32-12-14-37(23)18-27(42)43)17-24-33-13-15-38(24)19-28(44)45;3*1-2;/h12-15,21-22H,1-11,16-19H2,(H,34,39)(H,40,41)(H,42,43)(H,44,45)(H,46,47)(H,48,49)(H2,35,36,50);3*1H;/q4*-1;/t21-,22-;;;;/m0..../s1. The third-order valence-corrected chi connectivity index (χ3v) is 7.56. The summed E-state index contributed by atoms with van der Waals surface area (Å²) < 4.78 is 3.07. The minimum absolute atomic E-state index is 0. The zero-order chi connectivity index (χ0) is 43.1. The van der Waals surface area contributed by atoms with E-state index in [1.165, 1.54) is 21.5 Å². The zero-order valence-electron chi connectivity index (χ0n) is 30.8. The number of nitrogens with one attached hydrogen (secondary N) is 3. The number of imidazole rings is 2. The molecule has 23 heteroatoms.